The van der Waals surface area contributed by atoms with Crippen LogP contribution in [-0.2, 0) is 32.5 Å². The number of phenolic OH excluding ortho intramolecular Hbond substituents is 1. The number of rotatable bonds is 6. The molecule has 0 amide bonds. The summed E-state index contributed by atoms with van der Waals surface area (Å²) in [5.74, 6) is 0.963. The van der Waals surface area contributed by atoms with Crippen LogP contribution in [0.2, 0.25) is 0 Å². The summed E-state index contributed by atoms with van der Waals surface area (Å²) in [6.07, 6.45) is 6.22. The molecule has 2 aromatic heterocycles. The third-order valence-electron chi connectivity index (χ3n) is 15.9. The Morgan fingerprint density at radius 3 is 1.81 bits per heavy atom. The Morgan fingerprint density at radius 2 is 1.14 bits per heavy atom. The number of imidazole rings is 2. The van der Waals surface area contributed by atoms with Crippen molar-refractivity contribution in [3.05, 3.63) is 179 Å². The second-order valence-electron chi connectivity index (χ2n) is 26.5. The van der Waals surface area contributed by atoms with Crippen LogP contribution in [0.5, 0.6) is 5.75 Å². The van der Waals surface area contributed by atoms with Gasteiger partial charge in [-0.2, -0.15) is 0 Å². The SMILES string of the molecule is CC(C)(C)c1cc(-c2cccc3c2nc(-c2cc(C(C)(C)C)cc(C(C)(C)C)c2O)n3-c2ccc(C(C)(C)C)cc2-c2ccccc2)cc(-n2[c-][n+](-c3ccc4c(c3)C(C)(C)CCC4(C)C)c3ccccc32)c1. The summed E-state index contributed by atoms with van der Waals surface area (Å²) >= 11 is 0. The fraction of sp³-hybridized carbons (Fsp3) is 0.353. The molecule has 73 heavy (non-hydrogen) atoms. The van der Waals surface area contributed by atoms with Crippen molar-refractivity contribution in [3.8, 4) is 56.5 Å². The molecule has 0 saturated heterocycles. The molecule has 0 spiro atoms. The van der Waals surface area contributed by atoms with E-state index in [2.05, 4.69) is 270 Å². The van der Waals surface area contributed by atoms with Gasteiger partial charge in [0.1, 0.15) is 11.6 Å². The van der Waals surface area contributed by atoms with Gasteiger partial charge in [-0.1, -0.05) is 202 Å². The smallest absolute Gasteiger partial charge is 0.269 e. The van der Waals surface area contributed by atoms with Crippen molar-refractivity contribution in [1.29, 1.82) is 0 Å². The Labute approximate surface area is 435 Å². The van der Waals surface area contributed by atoms with Gasteiger partial charge in [0.15, 0.2) is 0 Å². The number of hydrogen-bond acceptors (Lipinski definition) is 2. The Hall–Kier alpha value is -6.72. The highest BCUT2D eigenvalue weighted by molar-refractivity contribution is 5.97. The molecule has 0 fully saturated rings. The molecular weight excluding hydrogens is 889 g/mol. The molecule has 0 atom stereocenters. The number of nitrogens with zero attached hydrogens (tertiary/aromatic N) is 4. The van der Waals surface area contributed by atoms with Crippen molar-refractivity contribution in [3.63, 3.8) is 0 Å². The summed E-state index contributed by atoms with van der Waals surface area (Å²) in [4.78, 5) is 5.78. The number of para-hydroxylation sites is 3. The number of phenols is 1. The molecule has 0 saturated carbocycles. The van der Waals surface area contributed by atoms with Crippen LogP contribution in [0.25, 0.3) is 72.8 Å². The van der Waals surface area contributed by atoms with E-state index in [9.17, 15) is 5.11 Å². The van der Waals surface area contributed by atoms with Gasteiger partial charge in [-0.15, -0.1) is 0 Å². The lowest BCUT2D eigenvalue weighted by Crippen LogP contribution is -2.36. The van der Waals surface area contributed by atoms with Crippen molar-refractivity contribution in [2.45, 2.75) is 156 Å². The molecule has 0 radical (unpaired) electrons. The van der Waals surface area contributed by atoms with E-state index >= 15 is 0 Å². The fourth-order valence-corrected chi connectivity index (χ4v) is 11.1. The molecule has 0 aliphatic heterocycles. The number of aromatic hydroxyl groups is 1. The van der Waals surface area contributed by atoms with E-state index in [1.807, 2.05) is 0 Å². The van der Waals surface area contributed by atoms with E-state index in [4.69, 9.17) is 4.98 Å². The first-order valence-corrected chi connectivity index (χ1v) is 26.5. The topological polar surface area (TPSA) is 46.9 Å². The minimum atomic E-state index is -0.333. The lowest BCUT2D eigenvalue weighted by molar-refractivity contribution is -0.572. The highest BCUT2D eigenvalue weighted by Gasteiger charge is 2.37. The van der Waals surface area contributed by atoms with Gasteiger partial charge in [0.2, 0.25) is 0 Å². The largest absolute Gasteiger partial charge is 0.507 e. The average Bonchev–Trinajstić information content (AvgIpc) is 3.91. The molecule has 0 unspecified atom stereocenters. The maximum Gasteiger partial charge on any atom is 0.269 e. The molecule has 0 bridgehead atoms. The van der Waals surface area contributed by atoms with Gasteiger partial charge >= 0.3 is 0 Å². The highest BCUT2D eigenvalue weighted by Crippen LogP contribution is 2.48. The van der Waals surface area contributed by atoms with E-state index in [1.165, 1.54) is 28.7 Å². The molecule has 374 valence electrons. The van der Waals surface area contributed by atoms with Crippen LogP contribution < -0.4 is 4.57 Å². The number of hydrogen-bond donors (Lipinski definition) is 1. The van der Waals surface area contributed by atoms with Crippen LogP contribution in [0.15, 0.2) is 140 Å². The Bertz CT molecular complexity index is 3610. The summed E-state index contributed by atoms with van der Waals surface area (Å²) in [7, 11) is 0. The Kier molecular flexibility index (Phi) is 11.7. The lowest BCUT2D eigenvalue weighted by atomic mass is 9.63. The van der Waals surface area contributed by atoms with Crippen LogP contribution in [0.1, 0.15) is 157 Å². The van der Waals surface area contributed by atoms with E-state index in [-0.39, 0.29) is 38.2 Å². The predicted molar refractivity (Wildman–Crippen MR) is 306 cm³/mol. The second-order valence-corrected chi connectivity index (χ2v) is 26.5. The van der Waals surface area contributed by atoms with Crippen LogP contribution in [0, 0.1) is 6.33 Å². The number of fused-ring (bicyclic) bond motifs is 3. The summed E-state index contributed by atoms with van der Waals surface area (Å²) in [6.45, 7) is 36.5. The van der Waals surface area contributed by atoms with E-state index in [0.717, 1.165) is 84.5 Å². The molecule has 2 heterocycles. The van der Waals surface area contributed by atoms with Crippen molar-refractivity contribution in [2.24, 2.45) is 0 Å². The second kappa shape index (κ2) is 17.2. The lowest BCUT2D eigenvalue weighted by Gasteiger charge is -2.42. The van der Waals surface area contributed by atoms with Crippen LogP contribution >= 0.6 is 0 Å². The normalized spacial score (nSPS) is 15.0. The first kappa shape index (κ1) is 49.8. The zero-order chi connectivity index (χ0) is 52.4. The molecule has 1 aliphatic carbocycles. The van der Waals surface area contributed by atoms with Crippen molar-refractivity contribution < 1.29 is 9.67 Å². The van der Waals surface area contributed by atoms with Gasteiger partial charge in [0.25, 0.3) is 6.33 Å². The van der Waals surface area contributed by atoms with Crippen LogP contribution in [0.4, 0.5) is 0 Å². The van der Waals surface area contributed by atoms with Gasteiger partial charge in [-0.3, -0.25) is 13.7 Å². The van der Waals surface area contributed by atoms with Crippen molar-refractivity contribution in [2.75, 3.05) is 0 Å². The third kappa shape index (κ3) is 8.91. The summed E-state index contributed by atoms with van der Waals surface area (Å²) in [6, 6.07) is 51.3. The molecule has 1 aliphatic rings. The summed E-state index contributed by atoms with van der Waals surface area (Å²) in [5, 5.41) is 12.7. The van der Waals surface area contributed by atoms with Gasteiger partial charge in [0, 0.05) is 16.7 Å². The molecule has 9 aromatic rings. The molecule has 7 aromatic carbocycles. The van der Waals surface area contributed by atoms with Gasteiger partial charge in [0.05, 0.1) is 44.7 Å². The number of aromatic nitrogens is 4. The van der Waals surface area contributed by atoms with E-state index < -0.39 is 0 Å². The molecule has 5 nitrogen and oxygen atoms in total. The van der Waals surface area contributed by atoms with Crippen LogP contribution in [0.3, 0.4) is 0 Å². The Morgan fingerprint density at radius 1 is 0.521 bits per heavy atom. The minimum absolute atomic E-state index is 0.0750. The van der Waals surface area contributed by atoms with Crippen LogP contribution in [-0.4, -0.2) is 19.2 Å². The highest BCUT2D eigenvalue weighted by atomic mass is 16.3. The van der Waals surface area contributed by atoms with Crippen molar-refractivity contribution in [1.82, 2.24) is 14.1 Å². The van der Waals surface area contributed by atoms with Crippen molar-refractivity contribution >= 4 is 22.1 Å². The zero-order valence-corrected chi connectivity index (χ0v) is 46.4. The number of benzene rings is 7. The standard InChI is InChI=1S/C68H76N4O/c1-63(2,3)45-29-32-56(51(38-45)43-23-18-17-19-24-43)72-59-28-22-25-50(60(59)69-62(72)52-39-47(65(7,8)9)40-55(61(52)73)66(10,11)12)44-35-46(64(4,5)6)37-49(36-44)71-42-70(57-26-20-21-27-58(57)71)48-30-31-53-54(41-48)68(15,16)34-33-67(53,13)14/h17-32,35-41,73H,33-34H2,1-16H3. The molecule has 5 heteroatoms. The predicted octanol–water partition coefficient (Wildman–Crippen LogP) is 17.3. The summed E-state index contributed by atoms with van der Waals surface area (Å²) < 4.78 is 6.82. The first-order chi connectivity index (χ1) is 34.1. The first-order valence-electron chi connectivity index (χ1n) is 26.5. The average molecular weight is 965 g/mol. The quantitative estimate of drug-likeness (QED) is 0.133. The molecular formula is C68H76N4O. The van der Waals surface area contributed by atoms with Gasteiger partial charge in [-0.25, -0.2) is 4.98 Å². The molecule has 1 N–H and O–H groups in total. The van der Waals surface area contributed by atoms with Gasteiger partial charge in [-0.05, 0) is 133 Å². The van der Waals surface area contributed by atoms with Gasteiger partial charge < -0.3 is 5.11 Å². The maximum atomic E-state index is 12.7. The van der Waals surface area contributed by atoms with E-state index in [0.29, 0.717) is 5.82 Å². The fourth-order valence-electron chi connectivity index (χ4n) is 11.1. The molecule has 10 rings (SSSR count). The zero-order valence-electron chi connectivity index (χ0n) is 46.4. The maximum absolute atomic E-state index is 12.7. The Balaban J connectivity index is 1.26. The minimum Gasteiger partial charge on any atom is -0.507 e. The van der Waals surface area contributed by atoms with E-state index in [1.54, 1.807) is 0 Å². The monoisotopic (exact) mass is 965 g/mol. The third-order valence-corrected chi connectivity index (χ3v) is 15.9. The summed E-state index contributed by atoms with van der Waals surface area (Å²) in [5.41, 5.74) is 19.0.